The van der Waals surface area contributed by atoms with Crippen molar-refractivity contribution in [2.45, 2.75) is 6.92 Å². The van der Waals surface area contributed by atoms with Crippen molar-refractivity contribution in [3.8, 4) is 5.75 Å². The van der Waals surface area contributed by atoms with Crippen LogP contribution in [0.15, 0.2) is 52.7 Å². The van der Waals surface area contributed by atoms with Gasteiger partial charge in [-0.15, -0.1) is 10.2 Å². The Hall–Kier alpha value is -2.60. The van der Waals surface area contributed by atoms with Gasteiger partial charge in [0, 0.05) is 12.1 Å². The molecule has 0 N–H and O–H groups in total. The van der Waals surface area contributed by atoms with Crippen molar-refractivity contribution in [3.63, 3.8) is 0 Å². The highest BCUT2D eigenvalue weighted by Crippen LogP contribution is 2.31. The number of fused-ring (bicyclic) bond motifs is 1. The van der Waals surface area contributed by atoms with Gasteiger partial charge in [-0.3, -0.25) is 0 Å². The number of hydrogen-bond acceptors (Lipinski definition) is 5. The smallest absolute Gasteiger partial charge is 0.231 e. The summed E-state index contributed by atoms with van der Waals surface area (Å²) >= 11 is 1.49. The molecule has 0 radical (unpaired) electrons. The number of ether oxygens (including phenoxy) is 1. The highest BCUT2D eigenvalue weighted by molar-refractivity contribution is 7.21. The summed E-state index contributed by atoms with van der Waals surface area (Å²) in [4.78, 5) is 4.45. The van der Waals surface area contributed by atoms with E-state index in [0.29, 0.717) is 5.13 Å². The van der Waals surface area contributed by atoms with Gasteiger partial charge < -0.3 is 4.74 Å². The predicted molar refractivity (Wildman–Crippen MR) is 94.4 cm³/mol. The second-order valence-electron chi connectivity index (χ2n) is 4.90. The molecule has 0 aliphatic rings. The zero-order chi connectivity index (χ0) is 16.2. The lowest BCUT2D eigenvalue weighted by Crippen LogP contribution is -1.99. The Morgan fingerprint density at radius 1 is 1.17 bits per heavy atom. The van der Waals surface area contributed by atoms with Gasteiger partial charge in [0.2, 0.25) is 10.8 Å². The quantitative estimate of drug-likeness (QED) is 0.373. The van der Waals surface area contributed by atoms with Crippen LogP contribution in [0.25, 0.3) is 10.2 Å². The molecule has 0 unspecified atom stereocenters. The van der Waals surface area contributed by atoms with Crippen LogP contribution in [0.1, 0.15) is 6.92 Å². The monoisotopic (exact) mass is 325 g/mol. The summed E-state index contributed by atoms with van der Waals surface area (Å²) in [5.41, 5.74) is 2.74. The first-order valence-electron chi connectivity index (χ1n) is 7.24. The Morgan fingerprint density at radius 3 is 2.65 bits per heavy atom. The van der Waals surface area contributed by atoms with E-state index in [0.717, 1.165) is 33.9 Å². The van der Waals surface area contributed by atoms with E-state index in [1.165, 1.54) is 11.3 Å². The second kappa shape index (κ2) is 6.66. The zero-order valence-electron chi connectivity index (χ0n) is 13.1. The molecule has 0 saturated carbocycles. The molecule has 0 bridgehead atoms. The lowest BCUT2D eigenvalue weighted by molar-refractivity contribution is -0.426. The fourth-order valence-corrected chi connectivity index (χ4v) is 2.89. The summed E-state index contributed by atoms with van der Waals surface area (Å²) in [6.45, 7) is 6.86. The highest BCUT2D eigenvalue weighted by Gasteiger charge is 2.05. The molecule has 6 heteroatoms. The molecule has 1 aromatic heterocycles. The van der Waals surface area contributed by atoms with Gasteiger partial charge in [0.15, 0.2) is 0 Å². The van der Waals surface area contributed by atoms with Crippen LogP contribution in [0.5, 0.6) is 5.75 Å². The first-order chi connectivity index (χ1) is 11.2. The molecule has 0 amide bonds. The Balaban J connectivity index is 1.80. The third-order valence-corrected chi connectivity index (χ3v) is 4.33. The maximum Gasteiger partial charge on any atom is 0.231 e. The molecule has 0 spiro atoms. The van der Waals surface area contributed by atoms with Crippen LogP contribution in [0.4, 0.5) is 16.5 Å². The summed E-state index contributed by atoms with van der Waals surface area (Å²) in [6.07, 6.45) is 0. The van der Waals surface area contributed by atoms with Gasteiger partial charge in [0.05, 0.1) is 23.0 Å². The van der Waals surface area contributed by atoms with Crippen LogP contribution in [-0.4, -0.2) is 29.9 Å². The van der Waals surface area contributed by atoms with E-state index in [2.05, 4.69) is 28.9 Å². The molecular weight excluding hydrogens is 308 g/mol. The molecule has 0 aliphatic heterocycles. The minimum absolute atomic E-state index is 0.629. The van der Waals surface area contributed by atoms with Crippen molar-refractivity contribution < 1.29 is 9.31 Å². The Bertz CT molecular complexity index is 868. The summed E-state index contributed by atoms with van der Waals surface area (Å²) in [7, 11) is 1.65. The standard InChI is InChI=1S/C17H17N4OS/c1-4-21(2)13-7-5-12(6-8-13)19-20-17-18-15-10-9-14(22-3)11-16(15)23-17/h5-11H,2,4H2,1,3H3/q+1. The predicted octanol–water partition coefficient (Wildman–Crippen LogP) is 5.08. The average Bonchev–Trinajstić information content (AvgIpc) is 3.01. The van der Waals surface area contributed by atoms with Crippen LogP contribution in [0, 0.1) is 0 Å². The first kappa shape index (κ1) is 15.3. The fraction of sp³-hybridized carbons (Fsp3) is 0.176. The summed E-state index contributed by atoms with van der Waals surface area (Å²) in [6, 6.07) is 13.6. The molecule has 3 aromatic rings. The molecular formula is C17H17N4OS+. The largest absolute Gasteiger partial charge is 0.497 e. The Kier molecular flexibility index (Phi) is 4.43. The van der Waals surface area contributed by atoms with E-state index in [1.807, 2.05) is 47.0 Å². The first-order valence-corrected chi connectivity index (χ1v) is 8.05. The normalized spacial score (nSPS) is 11.2. The van der Waals surface area contributed by atoms with E-state index >= 15 is 0 Å². The molecule has 2 aromatic carbocycles. The van der Waals surface area contributed by atoms with Crippen LogP contribution >= 0.6 is 11.3 Å². The number of nitrogens with zero attached hydrogens (tertiary/aromatic N) is 4. The lowest BCUT2D eigenvalue weighted by atomic mass is 10.3. The maximum absolute atomic E-state index is 5.22. The summed E-state index contributed by atoms with van der Waals surface area (Å²) in [5, 5.41) is 9.10. The molecule has 116 valence electrons. The van der Waals surface area contributed by atoms with Crippen LogP contribution in [0.3, 0.4) is 0 Å². The molecule has 1 heterocycles. The third kappa shape index (κ3) is 3.43. The van der Waals surface area contributed by atoms with Gasteiger partial charge in [-0.05, 0) is 37.3 Å². The number of methoxy groups -OCH3 is 1. The molecule has 0 aliphatic carbocycles. The van der Waals surface area contributed by atoms with Crippen molar-refractivity contribution in [1.29, 1.82) is 0 Å². The molecule has 0 atom stereocenters. The number of rotatable bonds is 5. The van der Waals surface area contributed by atoms with Crippen molar-refractivity contribution in [2.75, 3.05) is 13.7 Å². The van der Waals surface area contributed by atoms with E-state index in [-0.39, 0.29) is 0 Å². The SMILES string of the molecule is C=[N+](CC)c1ccc(N=Nc2nc3ccc(OC)cc3s2)cc1. The number of hydrogen-bond donors (Lipinski definition) is 0. The fourth-order valence-electron chi connectivity index (χ4n) is 2.08. The second-order valence-corrected chi connectivity index (χ2v) is 5.91. The topological polar surface area (TPSA) is 49.8 Å². The molecule has 3 rings (SSSR count). The van der Waals surface area contributed by atoms with Crippen molar-refractivity contribution in [2.24, 2.45) is 10.2 Å². The van der Waals surface area contributed by atoms with E-state index < -0.39 is 0 Å². The van der Waals surface area contributed by atoms with Crippen LogP contribution < -0.4 is 4.74 Å². The van der Waals surface area contributed by atoms with Gasteiger partial charge >= 0.3 is 0 Å². The van der Waals surface area contributed by atoms with Gasteiger partial charge in [-0.2, -0.15) is 0 Å². The van der Waals surface area contributed by atoms with Gasteiger partial charge in [-0.1, -0.05) is 11.3 Å². The van der Waals surface area contributed by atoms with Crippen LogP contribution in [-0.2, 0) is 0 Å². The molecule has 0 saturated heterocycles. The highest BCUT2D eigenvalue weighted by atomic mass is 32.1. The van der Waals surface area contributed by atoms with Gasteiger partial charge in [0.25, 0.3) is 0 Å². The lowest BCUT2D eigenvalue weighted by Gasteiger charge is -1.97. The molecule has 23 heavy (non-hydrogen) atoms. The van der Waals surface area contributed by atoms with Crippen molar-refractivity contribution in [1.82, 2.24) is 4.98 Å². The van der Waals surface area contributed by atoms with E-state index in [4.69, 9.17) is 4.74 Å². The Labute approximate surface area is 138 Å². The third-order valence-electron chi connectivity index (χ3n) is 3.43. The number of benzene rings is 2. The summed E-state index contributed by atoms with van der Waals surface area (Å²) < 4.78 is 8.17. The molecule has 0 fully saturated rings. The van der Waals surface area contributed by atoms with Crippen molar-refractivity contribution >= 4 is 44.8 Å². The minimum atomic E-state index is 0.629. The molecule has 5 nitrogen and oxygen atoms in total. The average molecular weight is 325 g/mol. The van der Waals surface area contributed by atoms with Gasteiger partial charge in [0.1, 0.15) is 19.0 Å². The Morgan fingerprint density at radius 2 is 1.96 bits per heavy atom. The number of aromatic nitrogens is 1. The van der Waals surface area contributed by atoms with E-state index in [1.54, 1.807) is 7.11 Å². The van der Waals surface area contributed by atoms with Crippen molar-refractivity contribution in [3.05, 3.63) is 42.5 Å². The number of thiazole rings is 1. The van der Waals surface area contributed by atoms with E-state index in [9.17, 15) is 0 Å². The summed E-state index contributed by atoms with van der Waals surface area (Å²) in [5.74, 6) is 0.814. The zero-order valence-corrected chi connectivity index (χ0v) is 13.9. The minimum Gasteiger partial charge on any atom is -0.497 e. The number of azo groups is 1. The van der Waals surface area contributed by atoms with Crippen LogP contribution in [0.2, 0.25) is 0 Å². The maximum atomic E-state index is 5.22. The van der Waals surface area contributed by atoms with Gasteiger partial charge in [-0.25, -0.2) is 9.56 Å².